The first kappa shape index (κ1) is 12.8. The third kappa shape index (κ3) is 2.45. The second-order valence-electron chi connectivity index (χ2n) is 4.93. The fraction of sp³-hybridized carbons (Fsp3) is 0.333. The molecule has 1 N–H and O–H groups in total. The van der Waals surface area contributed by atoms with E-state index in [2.05, 4.69) is 51.9 Å². The zero-order valence-electron chi connectivity index (χ0n) is 11.1. The summed E-state index contributed by atoms with van der Waals surface area (Å²) in [5.74, 6) is 2.41. The molecule has 2 aromatic rings. The molecule has 1 aromatic carbocycles. The van der Waals surface area contributed by atoms with Crippen LogP contribution in [0.25, 0.3) is 11.4 Å². The predicted molar refractivity (Wildman–Crippen MR) is 86.4 cm³/mol. The van der Waals surface area contributed by atoms with E-state index >= 15 is 0 Å². The molecule has 0 radical (unpaired) electrons. The van der Waals surface area contributed by atoms with Crippen molar-refractivity contribution in [2.45, 2.75) is 25.7 Å². The van der Waals surface area contributed by atoms with Gasteiger partial charge in [0.1, 0.15) is 5.82 Å². The normalized spacial score (nSPS) is 14.5. The van der Waals surface area contributed by atoms with Gasteiger partial charge in [0.25, 0.3) is 0 Å². The second kappa shape index (κ2) is 5.07. The zero-order valence-corrected chi connectivity index (χ0v) is 13.2. The van der Waals surface area contributed by atoms with Gasteiger partial charge < -0.3 is 5.32 Å². The van der Waals surface area contributed by atoms with Gasteiger partial charge in [-0.15, -0.1) is 0 Å². The number of benzene rings is 1. The Balaban J connectivity index is 2.16. The number of halogens is 1. The summed E-state index contributed by atoms with van der Waals surface area (Å²) in [6.07, 6.45) is 2.51. The third-order valence-electron chi connectivity index (χ3n) is 3.46. The van der Waals surface area contributed by atoms with E-state index in [0.29, 0.717) is 5.92 Å². The van der Waals surface area contributed by atoms with Crippen molar-refractivity contribution in [1.82, 2.24) is 9.97 Å². The Morgan fingerprint density at radius 1 is 1.21 bits per heavy atom. The van der Waals surface area contributed by atoms with Crippen LogP contribution in [0.4, 0.5) is 5.82 Å². The summed E-state index contributed by atoms with van der Waals surface area (Å²) in [4.78, 5) is 9.48. The van der Waals surface area contributed by atoms with Crippen LogP contribution in [0.15, 0.2) is 24.3 Å². The van der Waals surface area contributed by atoms with Crippen LogP contribution in [0, 0.1) is 10.5 Å². The van der Waals surface area contributed by atoms with E-state index in [1.165, 1.54) is 27.7 Å². The van der Waals surface area contributed by atoms with Crippen LogP contribution < -0.4 is 5.32 Å². The molecular weight excluding hydrogens is 349 g/mol. The fourth-order valence-electron chi connectivity index (χ4n) is 2.20. The summed E-state index contributed by atoms with van der Waals surface area (Å²) in [7, 11) is 1.92. The van der Waals surface area contributed by atoms with Gasteiger partial charge in [0.2, 0.25) is 0 Å². The predicted octanol–water partition coefficient (Wildman–Crippen LogP) is 3.98. The van der Waals surface area contributed by atoms with Crippen LogP contribution in [0.3, 0.4) is 0 Å². The van der Waals surface area contributed by atoms with Crippen molar-refractivity contribution >= 4 is 28.4 Å². The van der Waals surface area contributed by atoms with Gasteiger partial charge in [-0.05, 0) is 47.9 Å². The molecule has 3 rings (SSSR count). The number of aromatic nitrogens is 2. The summed E-state index contributed by atoms with van der Waals surface area (Å²) < 4.78 is 1.17. The van der Waals surface area contributed by atoms with Gasteiger partial charge in [-0.1, -0.05) is 24.3 Å². The maximum absolute atomic E-state index is 4.82. The highest BCUT2D eigenvalue weighted by Crippen LogP contribution is 2.43. The van der Waals surface area contributed by atoms with Crippen molar-refractivity contribution in [3.63, 3.8) is 0 Å². The first-order valence-electron chi connectivity index (χ1n) is 6.52. The summed E-state index contributed by atoms with van der Waals surface area (Å²) in [6.45, 7) is 2.10. The lowest BCUT2D eigenvalue weighted by molar-refractivity contribution is 0.977. The SMILES string of the molecule is CNc1nc(-c2ccccc2C)nc(C2CC2)c1I. The highest BCUT2D eigenvalue weighted by atomic mass is 127. The molecule has 0 atom stereocenters. The highest BCUT2D eigenvalue weighted by Gasteiger charge is 2.29. The van der Waals surface area contributed by atoms with Gasteiger partial charge in [-0.25, -0.2) is 9.97 Å². The average Bonchev–Trinajstić information content (AvgIpc) is 3.24. The van der Waals surface area contributed by atoms with E-state index in [-0.39, 0.29) is 0 Å². The first-order valence-corrected chi connectivity index (χ1v) is 7.59. The molecule has 1 saturated carbocycles. The topological polar surface area (TPSA) is 37.8 Å². The molecule has 0 aliphatic heterocycles. The lowest BCUT2D eigenvalue weighted by atomic mass is 10.1. The Kier molecular flexibility index (Phi) is 3.43. The number of hydrogen-bond acceptors (Lipinski definition) is 3. The zero-order chi connectivity index (χ0) is 13.4. The van der Waals surface area contributed by atoms with Gasteiger partial charge in [0.05, 0.1) is 9.26 Å². The van der Waals surface area contributed by atoms with Gasteiger partial charge in [0, 0.05) is 18.5 Å². The number of aryl methyl sites for hydroxylation is 1. The van der Waals surface area contributed by atoms with Gasteiger partial charge in [-0.3, -0.25) is 0 Å². The standard InChI is InChI=1S/C15H16IN3/c1-9-5-3-4-6-11(9)14-18-13(10-7-8-10)12(16)15(17-2)19-14/h3-6,10H,7-8H2,1-2H3,(H,17,18,19). The van der Waals surface area contributed by atoms with E-state index in [0.717, 1.165) is 17.2 Å². The Bertz CT molecular complexity index is 621. The molecule has 19 heavy (non-hydrogen) atoms. The van der Waals surface area contributed by atoms with E-state index < -0.39 is 0 Å². The van der Waals surface area contributed by atoms with Crippen LogP contribution in [-0.4, -0.2) is 17.0 Å². The summed E-state index contributed by atoms with van der Waals surface area (Å²) in [5.41, 5.74) is 3.54. The number of nitrogens with zero attached hydrogens (tertiary/aromatic N) is 2. The van der Waals surface area contributed by atoms with E-state index in [1.54, 1.807) is 0 Å². The summed E-state index contributed by atoms with van der Waals surface area (Å²) in [6, 6.07) is 8.28. The Morgan fingerprint density at radius 2 is 1.95 bits per heavy atom. The number of anilines is 1. The Hall–Kier alpha value is -1.17. The fourth-order valence-corrected chi connectivity index (χ4v) is 3.15. The first-order chi connectivity index (χ1) is 9.20. The molecule has 1 heterocycles. The molecular formula is C15H16IN3. The van der Waals surface area contributed by atoms with Crippen LogP contribution in [-0.2, 0) is 0 Å². The number of rotatable bonds is 3. The minimum Gasteiger partial charge on any atom is -0.372 e. The molecule has 4 heteroatoms. The maximum atomic E-state index is 4.82. The number of hydrogen-bond donors (Lipinski definition) is 1. The lowest BCUT2D eigenvalue weighted by Gasteiger charge is -2.12. The van der Waals surface area contributed by atoms with Crippen molar-refractivity contribution < 1.29 is 0 Å². The minimum absolute atomic E-state index is 0.629. The van der Waals surface area contributed by atoms with Crippen molar-refractivity contribution in [2.24, 2.45) is 0 Å². The molecule has 1 aliphatic rings. The molecule has 3 nitrogen and oxygen atoms in total. The molecule has 0 amide bonds. The van der Waals surface area contributed by atoms with Gasteiger partial charge in [-0.2, -0.15) is 0 Å². The largest absolute Gasteiger partial charge is 0.372 e. The third-order valence-corrected chi connectivity index (χ3v) is 4.53. The van der Waals surface area contributed by atoms with Gasteiger partial charge in [0.15, 0.2) is 5.82 Å². The molecule has 0 unspecified atom stereocenters. The molecule has 1 aromatic heterocycles. The van der Waals surface area contributed by atoms with Gasteiger partial charge >= 0.3 is 0 Å². The molecule has 0 saturated heterocycles. The lowest BCUT2D eigenvalue weighted by Crippen LogP contribution is -2.05. The Morgan fingerprint density at radius 3 is 2.58 bits per heavy atom. The van der Waals surface area contributed by atoms with Crippen LogP contribution in [0.1, 0.15) is 30.0 Å². The molecule has 1 fully saturated rings. The monoisotopic (exact) mass is 365 g/mol. The highest BCUT2D eigenvalue weighted by molar-refractivity contribution is 14.1. The maximum Gasteiger partial charge on any atom is 0.162 e. The molecule has 1 aliphatic carbocycles. The molecule has 0 bridgehead atoms. The van der Waals surface area contributed by atoms with Crippen molar-refractivity contribution in [1.29, 1.82) is 0 Å². The number of nitrogens with one attached hydrogen (secondary N) is 1. The minimum atomic E-state index is 0.629. The quantitative estimate of drug-likeness (QED) is 0.837. The van der Waals surface area contributed by atoms with Crippen molar-refractivity contribution in [2.75, 3.05) is 12.4 Å². The molecule has 0 spiro atoms. The van der Waals surface area contributed by atoms with E-state index in [4.69, 9.17) is 4.98 Å². The van der Waals surface area contributed by atoms with E-state index in [9.17, 15) is 0 Å². The van der Waals surface area contributed by atoms with Crippen LogP contribution >= 0.6 is 22.6 Å². The Labute approximate surface area is 127 Å². The second-order valence-corrected chi connectivity index (χ2v) is 6.01. The van der Waals surface area contributed by atoms with Crippen LogP contribution in [0.2, 0.25) is 0 Å². The van der Waals surface area contributed by atoms with Crippen molar-refractivity contribution in [3.8, 4) is 11.4 Å². The van der Waals surface area contributed by atoms with Crippen LogP contribution in [0.5, 0.6) is 0 Å². The summed E-state index contributed by atoms with van der Waals surface area (Å²) >= 11 is 2.35. The average molecular weight is 365 g/mol. The summed E-state index contributed by atoms with van der Waals surface area (Å²) in [5, 5.41) is 3.19. The van der Waals surface area contributed by atoms with Crippen molar-refractivity contribution in [3.05, 3.63) is 39.1 Å². The molecule has 98 valence electrons. The van der Waals surface area contributed by atoms with E-state index in [1.807, 2.05) is 19.2 Å². The smallest absolute Gasteiger partial charge is 0.162 e.